The number of hydrogen-bond acceptors (Lipinski definition) is 3. The molecule has 2 heterocycles. The molecule has 5 nitrogen and oxygen atoms in total. The number of halogens is 2. The fraction of sp³-hybridized carbons (Fsp3) is 0.263. The van der Waals surface area contributed by atoms with E-state index in [2.05, 4.69) is 15.4 Å². The van der Waals surface area contributed by atoms with E-state index in [0.29, 0.717) is 21.4 Å². The second-order valence-electron chi connectivity index (χ2n) is 6.43. The lowest BCUT2D eigenvalue weighted by molar-refractivity contribution is 0.0750. The Morgan fingerprint density at radius 2 is 1.73 bits per heavy atom. The van der Waals surface area contributed by atoms with Gasteiger partial charge in [0.1, 0.15) is 5.82 Å². The van der Waals surface area contributed by atoms with Crippen LogP contribution in [0.1, 0.15) is 29.6 Å². The predicted molar refractivity (Wildman–Crippen MR) is 104 cm³/mol. The molecule has 3 aromatic rings. The van der Waals surface area contributed by atoms with Crippen molar-refractivity contribution in [3.63, 3.8) is 0 Å². The molecule has 0 aliphatic carbocycles. The quantitative estimate of drug-likeness (QED) is 0.685. The van der Waals surface area contributed by atoms with Gasteiger partial charge in [-0.05, 0) is 37.1 Å². The lowest BCUT2D eigenvalue weighted by Gasteiger charge is -2.26. The van der Waals surface area contributed by atoms with Gasteiger partial charge in [0, 0.05) is 24.2 Å². The van der Waals surface area contributed by atoms with E-state index in [0.717, 1.165) is 42.5 Å². The van der Waals surface area contributed by atoms with E-state index >= 15 is 0 Å². The van der Waals surface area contributed by atoms with Crippen molar-refractivity contribution < 1.29 is 4.79 Å². The van der Waals surface area contributed by atoms with Gasteiger partial charge in [0.2, 0.25) is 0 Å². The summed E-state index contributed by atoms with van der Waals surface area (Å²) in [6.07, 6.45) is 3.48. The number of piperidine rings is 1. The molecule has 4 rings (SSSR count). The molecule has 2 aromatic carbocycles. The molecule has 0 bridgehead atoms. The van der Waals surface area contributed by atoms with Gasteiger partial charge in [0.05, 0.1) is 21.1 Å². The minimum Gasteiger partial charge on any atom is -0.338 e. The van der Waals surface area contributed by atoms with Gasteiger partial charge in [-0.2, -0.15) is 0 Å². The van der Waals surface area contributed by atoms with Crippen molar-refractivity contribution in [2.75, 3.05) is 13.1 Å². The van der Waals surface area contributed by atoms with Gasteiger partial charge < -0.3 is 4.98 Å². The maximum atomic E-state index is 12.4. The zero-order chi connectivity index (χ0) is 18.1. The number of amides is 1. The number of aromatic nitrogens is 2. The number of nitrogens with one attached hydrogen (secondary N) is 2. The van der Waals surface area contributed by atoms with Gasteiger partial charge in [-0.25, -0.2) is 9.99 Å². The molecular formula is C19H18Cl2N4O. The van der Waals surface area contributed by atoms with Crippen LogP contribution in [0.4, 0.5) is 0 Å². The Hall–Kier alpha value is -2.08. The van der Waals surface area contributed by atoms with Crippen molar-refractivity contribution in [2.24, 2.45) is 0 Å². The van der Waals surface area contributed by atoms with E-state index < -0.39 is 0 Å². The lowest BCUT2D eigenvalue weighted by Crippen LogP contribution is -2.45. The zero-order valence-corrected chi connectivity index (χ0v) is 15.6. The van der Waals surface area contributed by atoms with Crippen molar-refractivity contribution >= 4 is 40.1 Å². The number of carbonyl (C=O) groups is 1. The first-order chi connectivity index (χ1) is 12.6. The summed E-state index contributed by atoms with van der Waals surface area (Å²) < 4.78 is 0. The standard InChI is InChI=1S/C19H18Cl2N4O/c20-14-10-16-17(11-15(14)21)23-18(22-16)12-4-6-13(7-5-12)19(26)24-25-8-2-1-3-9-25/h4-7,10-11H,1-3,8-9H2,(H,22,23)(H,24,26). The maximum Gasteiger partial charge on any atom is 0.265 e. The van der Waals surface area contributed by atoms with Gasteiger partial charge in [0.15, 0.2) is 0 Å². The Morgan fingerprint density at radius 1 is 1.04 bits per heavy atom. The van der Waals surface area contributed by atoms with E-state index in [1.165, 1.54) is 6.42 Å². The van der Waals surface area contributed by atoms with Crippen molar-refractivity contribution in [2.45, 2.75) is 19.3 Å². The summed E-state index contributed by atoms with van der Waals surface area (Å²) in [7, 11) is 0. The van der Waals surface area contributed by atoms with Crippen LogP contribution in [0.3, 0.4) is 0 Å². The molecule has 1 saturated heterocycles. The van der Waals surface area contributed by atoms with E-state index in [1.807, 2.05) is 29.3 Å². The Labute approximate surface area is 161 Å². The summed E-state index contributed by atoms with van der Waals surface area (Å²) in [5, 5.41) is 2.95. The first kappa shape index (κ1) is 17.3. The minimum absolute atomic E-state index is 0.0818. The molecule has 0 radical (unpaired) electrons. The Kier molecular flexibility index (Phi) is 4.85. The molecule has 0 saturated carbocycles. The van der Waals surface area contributed by atoms with Crippen LogP contribution in [0.5, 0.6) is 0 Å². The number of rotatable bonds is 3. The Bertz CT molecular complexity index is 907. The van der Waals surface area contributed by atoms with Crippen LogP contribution in [-0.4, -0.2) is 34.0 Å². The number of carbonyl (C=O) groups excluding carboxylic acids is 1. The number of hydrogen-bond donors (Lipinski definition) is 2. The van der Waals surface area contributed by atoms with Crippen LogP contribution in [0, 0.1) is 0 Å². The minimum atomic E-state index is -0.0818. The summed E-state index contributed by atoms with van der Waals surface area (Å²) in [5.41, 5.74) is 6.06. The summed E-state index contributed by atoms with van der Waals surface area (Å²) in [4.78, 5) is 20.1. The van der Waals surface area contributed by atoms with Crippen molar-refractivity contribution in [3.05, 3.63) is 52.0 Å². The van der Waals surface area contributed by atoms with E-state index in [-0.39, 0.29) is 5.91 Å². The van der Waals surface area contributed by atoms with Crippen LogP contribution in [-0.2, 0) is 0 Å². The van der Waals surface area contributed by atoms with E-state index in [4.69, 9.17) is 23.2 Å². The van der Waals surface area contributed by atoms with Gasteiger partial charge in [-0.3, -0.25) is 10.2 Å². The molecular weight excluding hydrogens is 371 g/mol. The summed E-state index contributed by atoms with van der Waals surface area (Å²) >= 11 is 12.1. The van der Waals surface area contributed by atoms with Gasteiger partial charge in [-0.15, -0.1) is 0 Å². The van der Waals surface area contributed by atoms with E-state index in [1.54, 1.807) is 12.1 Å². The third-order valence-corrected chi connectivity index (χ3v) is 5.28. The highest BCUT2D eigenvalue weighted by Crippen LogP contribution is 2.28. The first-order valence-electron chi connectivity index (χ1n) is 8.61. The Balaban J connectivity index is 1.52. The molecule has 1 amide bonds. The molecule has 0 spiro atoms. The SMILES string of the molecule is O=C(NN1CCCCC1)c1ccc(-c2nc3cc(Cl)c(Cl)cc3[nH]2)cc1. The van der Waals surface area contributed by atoms with Gasteiger partial charge >= 0.3 is 0 Å². The second-order valence-corrected chi connectivity index (χ2v) is 7.25. The third kappa shape index (κ3) is 3.56. The number of benzene rings is 2. The zero-order valence-electron chi connectivity index (χ0n) is 14.1. The number of H-pyrrole nitrogens is 1. The molecule has 7 heteroatoms. The fourth-order valence-corrected chi connectivity index (χ4v) is 3.46. The van der Waals surface area contributed by atoms with Crippen LogP contribution in [0.2, 0.25) is 10.0 Å². The smallest absolute Gasteiger partial charge is 0.265 e. The number of hydrazine groups is 1. The van der Waals surface area contributed by atoms with Crippen molar-refractivity contribution in [1.29, 1.82) is 0 Å². The Morgan fingerprint density at radius 3 is 2.46 bits per heavy atom. The van der Waals surface area contributed by atoms with Gasteiger partial charge in [0.25, 0.3) is 5.91 Å². The molecule has 134 valence electrons. The third-order valence-electron chi connectivity index (χ3n) is 4.56. The largest absolute Gasteiger partial charge is 0.338 e. The lowest BCUT2D eigenvalue weighted by atomic mass is 10.1. The first-order valence-corrected chi connectivity index (χ1v) is 9.37. The summed E-state index contributed by atoms with van der Waals surface area (Å²) in [5.74, 6) is 0.628. The molecule has 1 fully saturated rings. The highest BCUT2D eigenvalue weighted by Gasteiger charge is 2.14. The normalized spacial score (nSPS) is 15.3. The average molecular weight is 389 g/mol. The van der Waals surface area contributed by atoms with E-state index in [9.17, 15) is 4.79 Å². The maximum absolute atomic E-state index is 12.4. The number of fused-ring (bicyclic) bond motifs is 1. The van der Waals surface area contributed by atoms with Crippen LogP contribution in [0.25, 0.3) is 22.4 Å². The monoisotopic (exact) mass is 388 g/mol. The molecule has 1 aliphatic heterocycles. The molecule has 0 atom stereocenters. The van der Waals surface area contributed by atoms with Gasteiger partial charge in [-0.1, -0.05) is 41.8 Å². The highest BCUT2D eigenvalue weighted by molar-refractivity contribution is 6.42. The fourth-order valence-electron chi connectivity index (χ4n) is 3.13. The van der Waals surface area contributed by atoms with Crippen LogP contribution in [0.15, 0.2) is 36.4 Å². The van der Waals surface area contributed by atoms with Crippen LogP contribution >= 0.6 is 23.2 Å². The average Bonchev–Trinajstić information content (AvgIpc) is 3.06. The molecule has 26 heavy (non-hydrogen) atoms. The van der Waals surface area contributed by atoms with Crippen LogP contribution < -0.4 is 5.43 Å². The summed E-state index contributed by atoms with van der Waals surface area (Å²) in [6.45, 7) is 1.82. The topological polar surface area (TPSA) is 61.0 Å². The molecule has 1 aromatic heterocycles. The number of nitrogens with zero attached hydrogens (tertiary/aromatic N) is 2. The summed E-state index contributed by atoms with van der Waals surface area (Å²) in [6, 6.07) is 10.9. The number of aromatic amines is 1. The predicted octanol–water partition coefficient (Wildman–Crippen LogP) is 4.67. The number of imidazole rings is 1. The van der Waals surface area contributed by atoms with Crippen molar-refractivity contribution in [3.8, 4) is 11.4 Å². The van der Waals surface area contributed by atoms with Crippen molar-refractivity contribution in [1.82, 2.24) is 20.4 Å². The molecule has 2 N–H and O–H groups in total. The highest BCUT2D eigenvalue weighted by atomic mass is 35.5. The molecule has 0 unspecified atom stereocenters. The molecule has 1 aliphatic rings. The second kappa shape index (κ2) is 7.27.